The van der Waals surface area contributed by atoms with Crippen LogP contribution >= 0.6 is 0 Å². The van der Waals surface area contributed by atoms with Gasteiger partial charge in [-0.15, -0.1) is 5.10 Å². The molecule has 2 aromatic heterocycles. The maximum absolute atomic E-state index is 12.7. The summed E-state index contributed by atoms with van der Waals surface area (Å²) in [6.07, 6.45) is -1.22. The Morgan fingerprint density at radius 3 is 2.61 bits per heavy atom. The van der Waals surface area contributed by atoms with Gasteiger partial charge in [0.15, 0.2) is 5.65 Å². The van der Waals surface area contributed by atoms with Gasteiger partial charge >= 0.3 is 6.18 Å². The molecule has 3 N–H and O–H groups in total. The molecule has 1 aliphatic rings. The first-order chi connectivity index (χ1) is 13.4. The highest BCUT2D eigenvalue weighted by atomic mass is 19.4. The number of fused-ring (bicyclic) bond motifs is 1. The van der Waals surface area contributed by atoms with E-state index in [9.17, 15) is 18.3 Å². The summed E-state index contributed by atoms with van der Waals surface area (Å²) in [4.78, 5) is 4.38. The number of pyridine rings is 1. The first-order valence-corrected chi connectivity index (χ1v) is 9.13. The fourth-order valence-corrected chi connectivity index (χ4v) is 3.44. The van der Waals surface area contributed by atoms with Crippen LogP contribution in [0.4, 0.5) is 30.6 Å². The van der Waals surface area contributed by atoms with Crippen molar-refractivity contribution >= 4 is 23.1 Å². The standard InChI is InChI=1S/C19H20F3N5O.H2/c20-19(21,22)12-7-9-13(10-8-12)24-18-25-17-6-2-5-16(27(17)26-18)23-14-3-1-4-15(28)11-14;/h2,5-10,14-15,23,28H,1,3-4,11H2,(H,24,26);1H/t14-,15-;/m1./s1. The molecule has 0 saturated heterocycles. The van der Waals surface area contributed by atoms with Crippen LogP contribution in [-0.4, -0.2) is 31.9 Å². The average molecular weight is 393 g/mol. The zero-order valence-corrected chi connectivity index (χ0v) is 14.9. The number of hydrogen-bond acceptors (Lipinski definition) is 5. The Kier molecular flexibility index (Phi) is 4.84. The van der Waals surface area contributed by atoms with Gasteiger partial charge in [-0.25, -0.2) is 0 Å². The minimum atomic E-state index is -4.37. The molecule has 0 spiro atoms. The van der Waals surface area contributed by atoms with E-state index in [2.05, 4.69) is 20.7 Å². The van der Waals surface area contributed by atoms with Crippen LogP contribution in [0.25, 0.3) is 5.65 Å². The van der Waals surface area contributed by atoms with Crippen molar-refractivity contribution in [2.24, 2.45) is 0 Å². The van der Waals surface area contributed by atoms with E-state index in [0.29, 0.717) is 17.8 Å². The molecule has 0 amide bonds. The summed E-state index contributed by atoms with van der Waals surface area (Å²) in [7, 11) is 0. The number of alkyl halides is 3. The molecule has 6 nitrogen and oxygen atoms in total. The molecule has 9 heteroatoms. The Hall–Kier alpha value is -2.81. The first-order valence-electron chi connectivity index (χ1n) is 9.13. The number of aliphatic hydroxyl groups excluding tert-OH is 1. The third-order valence-corrected chi connectivity index (χ3v) is 4.83. The number of aromatic nitrogens is 3. The van der Waals surface area contributed by atoms with Crippen molar-refractivity contribution in [3.8, 4) is 0 Å². The summed E-state index contributed by atoms with van der Waals surface area (Å²) in [5.74, 6) is 1.04. The van der Waals surface area contributed by atoms with Crippen LogP contribution in [0.5, 0.6) is 0 Å². The number of hydrogen-bond donors (Lipinski definition) is 3. The van der Waals surface area contributed by atoms with Gasteiger partial charge in [0, 0.05) is 13.2 Å². The summed E-state index contributed by atoms with van der Waals surface area (Å²) in [5, 5.41) is 20.6. The van der Waals surface area contributed by atoms with Crippen LogP contribution in [0.15, 0.2) is 42.5 Å². The zero-order valence-electron chi connectivity index (χ0n) is 14.9. The van der Waals surface area contributed by atoms with E-state index in [4.69, 9.17) is 0 Å². The summed E-state index contributed by atoms with van der Waals surface area (Å²) in [6.45, 7) is 0. The molecule has 0 radical (unpaired) electrons. The molecule has 1 aromatic carbocycles. The minimum Gasteiger partial charge on any atom is -0.393 e. The van der Waals surface area contributed by atoms with Crippen LogP contribution in [0.3, 0.4) is 0 Å². The minimum absolute atomic E-state index is 0. The van der Waals surface area contributed by atoms with Crippen LogP contribution in [-0.2, 0) is 6.18 Å². The molecule has 1 saturated carbocycles. The highest BCUT2D eigenvalue weighted by molar-refractivity contribution is 5.58. The molecule has 28 heavy (non-hydrogen) atoms. The van der Waals surface area contributed by atoms with Crippen LogP contribution in [0.2, 0.25) is 0 Å². The van der Waals surface area contributed by atoms with Gasteiger partial charge in [-0.05, 0) is 62.1 Å². The van der Waals surface area contributed by atoms with Gasteiger partial charge in [0.1, 0.15) is 5.82 Å². The third kappa shape index (κ3) is 4.04. The van der Waals surface area contributed by atoms with Gasteiger partial charge in [0.2, 0.25) is 5.95 Å². The molecular weight excluding hydrogens is 371 g/mol. The van der Waals surface area contributed by atoms with Gasteiger partial charge in [-0.2, -0.15) is 22.7 Å². The molecule has 3 aromatic rings. The lowest BCUT2D eigenvalue weighted by molar-refractivity contribution is -0.137. The molecule has 150 valence electrons. The normalized spacial score (nSPS) is 20.3. The molecule has 0 bridgehead atoms. The lowest BCUT2D eigenvalue weighted by Gasteiger charge is -2.27. The summed E-state index contributed by atoms with van der Waals surface area (Å²) < 4.78 is 39.7. The van der Waals surface area contributed by atoms with Gasteiger partial charge in [-0.1, -0.05) is 6.07 Å². The van der Waals surface area contributed by atoms with Crippen LogP contribution in [0, 0.1) is 0 Å². The van der Waals surface area contributed by atoms with E-state index < -0.39 is 11.7 Å². The predicted molar refractivity (Wildman–Crippen MR) is 102 cm³/mol. The van der Waals surface area contributed by atoms with Crippen molar-refractivity contribution in [1.82, 2.24) is 14.6 Å². The van der Waals surface area contributed by atoms with Crippen molar-refractivity contribution in [3.05, 3.63) is 48.0 Å². The maximum Gasteiger partial charge on any atom is 0.416 e. The highest BCUT2D eigenvalue weighted by Gasteiger charge is 2.30. The molecule has 0 aliphatic heterocycles. The average Bonchev–Trinajstić information content (AvgIpc) is 3.05. The highest BCUT2D eigenvalue weighted by Crippen LogP contribution is 2.30. The van der Waals surface area contributed by atoms with E-state index in [1.54, 1.807) is 10.6 Å². The molecule has 0 unspecified atom stereocenters. The smallest absolute Gasteiger partial charge is 0.393 e. The van der Waals surface area contributed by atoms with Gasteiger partial charge in [0.05, 0.1) is 11.7 Å². The van der Waals surface area contributed by atoms with Crippen molar-refractivity contribution in [2.45, 2.75) is 44.0 Å². The molecule has 2 atom stereocenters. The number of halogens is 3. The molecule has 2 heterocycles. The summed E-state index contributed by atoms with van der Waals surface area (Å²) in [5.41, 5.74) is 0.367. The van der Waals surface area contributed by atoms with Gasteiger partial charge in [0.25, 0.3) is 0 Å². The number of rotatable bonds is 4. The zero-order chi connectivity index (χ0) is 19.7. The Balaban J connectivity index is 0.00000240. The van der Waals surface area contributed by atoms with E-state index in [-0.39, 0.29) is 19.5 Å². The third-order valence-electron chi connectivity index (χ3n) is 4.83. The topological polar surface area (TPSA) is 74.5 Å². The van der Waals surface area contributed by atoms with E-state index in [1.165, 1.54) is 12.1 Å². The van der Waals surface area contributed by atoms with Crippen molar-refractivity contribution < 1.29 is 19.7 Å². The summed E-state index contributed by atoms with van der Waals surface area (Å²) in [6, 6.07) is 10.4. The maximum atomic E-state index is 12.7. The first kappa shape index (κ1) is 18.5. The second kappa shape index (κ2) is 7.31. The summed E-state index contributed by atoms with van der Waals surface area (Å²) >= 11 is 0. The largest absolute Gasteiger partial charge is 0.416 e. The molecule has 4 rings (SSSR count). The van der Waals surface area contributed by atoms with E-state index in [1.807, 2.05) is 12.1 Å². The van der Waals surface area contributed by atoms with Crippen molar-refractivity contribution in [3.63, 3.8) is 0 Å². The van der Waals surface area contributed by atoms with Crippen molar-refractivity contribution in [1.29, 1.82) is 0 Å². The number of anilines is 3. The Morgan fingerprint density at radius 2 is 1.89 bits per heavy atom. The van der Waals surface area contributed by atoms with Crippen LogP contribution < -0.4 is 10.6 Å². The number of nitrogens with one attached hydrogen (secondary N) is 2. The molecule has 1 fully saturated rings. The Labute approximate surface area is 160 Å². The monoisotopic (exact) mass is 393 g/mol. The number of benzene rings is 1. The lowest BCUT2D eigenvalue weighted by Crippen LogP contribution is -2.30. The van der Waals surface area contributed by atoms with Gasteiger partial charge < -0.3 is 15.7 Å². The second-order valence-corrected chi connectivity index (χ2v) is 6.98. The molecule has 1 aliphatic carbocycles. The second-order valence-electron chi connectivity index (χ2n) is 6.98. The van der Waals surface area contributed by atoms with Crippen LogP contribution in [0.1, 0.15) is 32.7 Å². The van der Waals surface area contributed by atoms with Gasteiger partial charge in [-0.3, -0.25) is 0 Å². The predicted octanol–water partition coefficient (Wildman–Crippen LogP) is 4.45. The Morgan fingerprint density at radius 1 is 1.11 bits per heavy atom. The molecular formula is C19H22F3N5O. The lowest BCUT2D eigenvalue weighted by atomic mass is 9.93. The Bertz CT molecular complexity index is 961. The fourth-order valence-electron chi connectivity index (χ4n) is 3.44. The van der Waals surface area contributed by atoms with Crippen molar-refractivity contribution in [2.75, 3.05) is 10.6 Å². The van der Waals surface area contributed by atoms with E-state index >= 15 is 0 Å². The SMILES string of the molecule is O[C@@H]1CCC[C@@H](Nc2cccc3nc(Nc4ccc(C(F)(F)F)cc4)nn23)C1.[HH]. The number of aliphatic hydroxyl groups is 1. The van der Waals surface area contributed by atoms with E-state index in [0.717, 1.165) is 37.2 Å². The fraction of sp³-hybridized carbons (Fsp3) is 0.368. The quantitative estimate of drug-likeness (QED) is 0.611. The number of nitrogens with zero attached hydrogens (tertiary/aromatic N) is 3.